The highest BCUT2D eigenvalue weighted by atomic mass is 16.1. The summed E-state index contributed by atoms with van der Waals surface area (Å²) < 4.78 is 1.86. The molecule has 106 valence electrons. The van der Waals surface area contributed by atoms with Crippen molar-refractivity contribution in [2.75, 3.05) is 18.9 Å². The summed E-state index contributed by atoms with van der Waals surface area (Å²) in [5, 5.41) is 10.1. The minimum atomic E-state index is -0.0521. The summed E-state index contributed by atoms with van der Waals surface area (Å²) in [7, 11) is 1.84. The van der Waals surface area contributed by atoms with E-state index in [2.05, 4.69) is 15.7 Å². The van der Waals surface area contributed by atoms with E-state index in [1.165, 1.54) is 0 Å². The molecule has 0 aliphatic heterocycles. The van der Waals surface area contributed by atoms with Gasteiger partial charge in [-0.3, -0.25) is 9.48 Å². The lowest BCUT2D eigenvalue weighted by Gasteiger charge is -2.12. The summed E-state index contributed by atoms with van der Waals surface area (Å²) in [6, 6.07) is 9.74. The zero-order valence-corrected chi connectivity index (χ0v) is 11.8. The molecule has 0 fully saturated rings. The number of amides is 1. The van der Waals surface area contributed by atoms with Crippen LogP contribution in [0.3, 0.4) is 0 Å². The number of nitrogens with zero attached hydrogens (tertiary/aromatic N) is 2. The van der Waals surface area contributed by atoms with Crippen molar-refractivity contribution in [2.24, 2.45) is 5.92 Å². The summed E-state index contributed by atoms with van der Waals surface area (Å²) in [4.78, 5) is 11.9. The number of anilines is 1. The largest absolute Gasteiger partial charge is 0.326 e. The topological polar surface area (TPSA) is 59.0 Å². The molecule has 0 saturated carbocycles. The standard InChI is InChI=1S/C15H20N4O/c1-12(10-16-2)15(20)18-14-6-4-13(5-7-14)11-19-9-3-8-17-19/h3-9,12,16H,10-11H2,1-2H3,(H,18,20). The normalized spacial score (nSPS) is 12.1. The summed E-state index contributed by atoms with van der Waals surface area (Å²) in [5.41, 5.74) is 1.97. The minimum Gasteiger partial charge on any atom is -0.326 e. The number of hydrogen-bond acceptors (Lipinski definition) is 3. The van der Waals surface area contributed by atoms with E-state index in [0.717, 1.165) is 17.8 Å². The Morgan fingerprint density at radius 2 is 2.10 bits per heavy atom. The van der Waals surface area contributed by atoms with Gasteiger partial charge in [0.2, 0.25) is 5.91 Å². The molecule has 2 aromatic rings. The smallest absolute Gasteiger partial charge is 0.228 e. The van der Waals surface area contributed by atoms with Crippen molar-refractivity contribution in [1.82, 2.24) is 15.1 Å². The number of nitrogens with one attached hydrogen (secondary N) is 2. The van der Waals surface area contributed by atoms with Gasteiger partial charge in [-0.25, -0.2) is 0 Å². The van der Waals surface area contributed by atoms with Crippen LogP contribution in [-0.4, -0.2) is 29.3 Å². The van der Waals surface area contributed by atoms with Gasteiger partial charge in [0.1, 0.15) is 0 Å². The number of rotatable bonds is 6. The third-order valence-electron chi connectivity index (χ3n) is 3.08. The molecule has 20 heavy (non-hydrogen) atoms. The molecule has 1 aromatic carbocycles. The van der Waals surface area contributed by atoms with E-state index in [0.29, 0.717) is 6.54 Å². The lowest BCUT2D eigenvalue weighted by atomic mass is 10.1. The van der Waals surface area contributed by atoms with Gasteiger partial charge in [0, 0.05) is 30.5 Å². The van der Waals surface area contributed by atoms with E-state index < -0.39 is 0 Å². The highest BCUT2D eigenvalue weighted by molar-refractivity contribution is 5.92. The first kappa shape index (κ1) is 14.3. The molecule has 0 bridgehead atoms. The van der Waals surface area contributed by atoms with Crippen molar-refractivity contribution >= 4 is 11.6 Å². The molecule has 1 amide bonds. The molecule has 2 rings (SSSR count). The quantitative estimate of drug-likeness (QED) is 0.842. The van der Waals surface area contributed by atoms with Gasteiger partial charge in [-0.15, -0.1) is 0 Å². The second kappa shape index (κ2) is 6.86. The van der Waals surface area contributed by atoms with Gasteiger partial charge in [0.25, 0.3) is 0 Å². The summed E-state index contributed by atoms with van der Waals surface area (Å²) in [5.74, 6) is -0.0251. The highest BCUT2D eigenvalue weighted by Crippen LogP contribution is 2.11. The zero-order valence-electron chi connectivity index (χ0n) is 11.8. The molecule has 1 aromatic heterocycles. The van der Waals surface area contributed by atoms with Crippen LogP contribution in [0.25, 0.3) is 0 Å². The summed E-state index contributed by atoms with van der Waals surface area (Å²) in [6.45, 7) is 3.30. The molecule has 1 heterocycles. The SMILES string of the molecule is CNCC(C)C(=O)Nc1ccc(Cn2cccn2)cc1. The number of hydrogen-bond donors (Lipinski definition) is 2. The summed E-state index contributed by atoms with van der Waals surface area (Å²) in [6.07, 6.45) is 3.69. The van der Waals surface area contributed by atoms with Gasteiger partial charge in [-0.1, -0.05) is 19.1 Å². The lowest BCUT2D eigenvalue weighted by molar-refractivity contribution is -0.119. The van der Waals surface area contributed by atoms with Crippen molar-refractivity contribution in [3.05, 3.63) is 48.3 Å². The monoisotopic (exact) mass is 272 g/mol. The van der Waals surface area contributed by atoms with Crippen LogP contribution in [0.2, 0.25) is 0 Å². The Kier molecular flexibility index (Phi) is 4.90. The van der Waals surface area contributed by atoms with E-state index in [1.54, 1.807) is 6.20 Å². The Morgan fingerprint density at radius 1 is 1.35 bits per heavy atom. The molecule has 0 aliphatic rings. The Balaban J connectivity index is 1.93. The Hall–Kier alpha value is -2.14. The van der Waals surface area contributed by atoms with Gasteiger partial charge in [0.15, 0.2) is 0 Å². The predicted molar refractivity (Wildman–Crippen MR) is 79.5 cm³/mol. The van der Waals surface area contributed by atoms with E-state index >= 15 is 0 Å². The first-order chi connectivity index (χ1) is 9.69. The Morgan fingerprint density at radius 3 is 2.70 bits per heavy atom. The van der Waals surface area contributed by atoms with Crippen molar-refractivity contribution in [3.63, 3.8) is 0 Å². The molecular formula is C15H20N4O. The van der Waals surface area contributed by atoms with Crippen LogP contribution >= 0.6 is 0 Å². The van der Waals surface area contributed by atoms with Crippen molar-refractivity contribution in [3.8, 4) is 0 Å². The third-order valence-corrected chi connectivity index (χ3v) is 3.08. The molecule has 5 nitrogen and oxygen atoms in total. The van der Waals surface area contributed by atoms with E-state index in [4.69, 9.17) is 0 Å². The minimum absolute atomic E-state index is 0.0270. The summed E-state index contributed by atoms with van der Waals surface area (Å²) >= 11 is 0. The number of carbonyl (C=O) groups excluding carboxylic acids is 1. The molecule has 1 atom stereocenters. The molecular weight excluding hydrogens is 252 g/mol. The molecule has 0 spiro atoms. The van der Waals surface area contributed by atoms with E-state index in [9.17, 15) is 4.79 Å². The Labute approximate surface area is 119 Å². The third kappa shape index (κ3) is 3.93. The number of carbonyl (C=O) groups is 1. The second-order valence-electron chi connectivity index (χ2n) is 4.85. The first-order valence-corrected chi connectivity index (χ1v) is 6.71. The fourth-order valence-electron chi connectivity index (χ4n) is 1.94. The molecule has 0 aliphatic carbocycles. The van der Waals surface area contributed by atoms with Crippen LogP contribution in [0.5, 0.6) is 0 Å². The average Bonchev–Trinajstić information content (AvgIpc) is 2.94. The van der Waals surface area contributed by atoms with Crippen molar-refractivity contribution in [2.45, 2.75) is 13.5 Å². The van der Waals surface area contributed by atoms with Crippen LogP contribution in [0, 0.1) is 5.92 Å². The highest BCUT2D eigenvalue weighted by Gasteiger charge is 2.11. The maximum Gasteiger partial charge on any atom is 0.228 e. The molecule has 5 heteroatoms. The van der Waals surface area contributed by atoms with Crippen molar-refractivity contribution < 1.29 is 4.79 Å². The maximum atomic E-state index is 11.9. The van der Waals surface area contributed by atoms with Crippen LogP contribution in [0.15, 0.2) is 42.7 Å². The van der Waals surface area contributed by atoms with Crippen LogP contribution < -0.4 is 10.6 Å². The van der Waals surface area contributed by atoms with Gasteiger partial charge in [0.05, 0.1) is 6.54 Å². The fourth-order valence-corrected chi connectivity index (χ4v) is 1.94. The molecule has 0 radical (unpaired) electrons. The second-order valence-corrected chi connectivity index (χ2v) is 4.85. The predicted octanol–water partition coefficient (Wildman–Crippen LogP) is 1.73. The van der Waals surface area contributed by atoms with Crippen molar-refractivity contribution in [1.29, 1.82) is 0 Å². The van der Waals surface area contributed by atoms with Gasteiger partial charge in [-0.05, 0) is 30.8 Å². The maximum absolute atomic E-state index is 11.9. The fraction of sp³-hybridized carbons (Fsp3) is 0.333. The molecule has 2 N–H and O–H groups in total. The lowest BCUT2D eigenvalue weighted by Crippen LogP contribution is -2.28. The Bertz CT molecular complexity index is 534. The van der Waals surface area contributed by atoms with E-state index in [-0.39, 0.29) is 11.8 Å². The molecule has 0 saturated heterocycles. The average molecular weight is 272 g/mol. The number of benzene rings is 1. The van der Waals surface area contributed by atoms with Gasteiger partial charge in [-0.2, -0.15) is 5.10 Å². The number of aromatic nitrogens is 2. The van der Waals surface area contributed by atoms with E-state index in [1.807, 2.05) is 55.2 Å². The zero-order chi connectivity index (χ0) is 14.4. The van der Waals surface area contributed by atoms with Crippen LogP contribution in [0.1, 0.15) is 12.5 Å². The first-order valence-electron chi connectivity index (χ1n) is 6.71. The van der Waals surface area contributed by atoms with Crippen LogP contribution in [0.4, 0.5) is 5.69 Å². The molecule has 1 unspecified atom stereocenters. The van der Waals surface area contributed by atoms with Gasteiger partial charge < -0.3 is 10.6 Å². The van der Waals surface area contributed by atoms with Gasteiger partial charge >= 0.3 is 0 Å². The van der Waals surface area contributed by atoms with Crippen LogP contribution in [-0.2, 0) is 11.3 Å².